The van der Waals surface area contributed by atoms with E-state index in [1.807, 2.05) is 20.8 Å². The third-order valence-electron chi connectivity index (χ3n) is 4.70. The normalized spacial score (nSPS) is 17.0. The zero-order valence-electron chi connectivity index (χ0n) is 14.4. The average molecular weight is 332 g/mol. The first kappa shape index (κ1) is 18.1. The second-order valence-corrected chi connectivity index (χ2v) is 6.95. The number of rotatable bonds is 6. The summed E-state index contributed by atoms with van der Waals surface area (Å²) < 4.78 is 0. The van der Waals surface area contributed by atoms with Gasteiger partial charge in [0.1, 0.15) is 0 Å². The lowest BCUT2D eigenvalue weighted by molar-refractivity contribution is -0.384. The van der Waals surface area contributed by atoms with Gasteiger partial charge >= 0.3 is 0 Å². The van der Waals surface area contributed by atoms with Gasteiger partial charge in [0.05, 0.1) is 4.92 Å². The predicted octanol–water partition coefficient (Wildman–Crippen LogP) is 3.80. The summed E-state index contributed by atoms with van der Waals surface area (Å²) in [5, 5.41) is 10.8. The highest BCUT2D eigenvalue weighted by molar-refractivity contribution is 5.98. The number of hydrogen-bond donors (Lipinski definition) is 0. The highest BCUT2D eigenvalue weighted by Crippen LogP contribution is 2.35. The largest absolute Gasteiger partial charge is 0.277 e. The molecule has 0 aliphatic carbocycles. The van der Waals surface area contributed by atoms with Crippen LogP contribution in [-0.2, 0) is 9.59 Å². The van der Waals surface area contributed by atoms with Crippen molar-refractivity contribution in [3.63, 3.8) is 0 Å². The molecule has 1 aliphatic rings. The van der Waals surface area contributed by atoms with Crippen molar-refractivity contribution in [1.82, 2.24) is 4.90 Å². The molecule has 1 atom stereocenters. The Labute approximate surface area is 142 Å². The molecule has 2 amide bonds. The molecule has 0 N–H and O–H groups in total. The SMILES string of the molecule is CCC(CC(C)(C)N1C(=O)CCCC1=O)c1ccc([N+](=O)[O-])cc1. The highest BCUT2D eigenvalue weighted by Gasteiger charge is 2.39. The van der Waals surface area contributed by atoms with Gasteiger partial charge in [-0.1, -0.05) is 19.1 Å². The van der Waals surface area contributed by atoms with Crippen LogP contribution in [0, 0.1) is 10.1 Å². The molecule has 0 radical (unpaired) electrons. The van der Waals surface area contributed by atoms with Gasteiger partial charge < -0.3 is 0 Å². The van der Waals surface area contributed by atoms with Crippen LogP contribution in [0.15, 0.2) is 24.3 Å². The molecule has 0 aromatic heterocycles. The molecule has 0 saturated carbocycles. The van der Waals surface area contributed by atoms with Gasteiger partial charge in [0.25, 0.3) is 5.69 Å². The van der Waals surface area contributed by atoms with Crippen molar-refractivity contribution >= 4 is 17.5 Å². The number of nitro groups is 1. The summed E-state index contributed by atoms with van der Waals surface area (Å²) in [5.41, 5.74) is 0.485. The van der Waals surface area contributed by atoms with E-state index in [0.29, 0.717) is 25.7 Å². The van der Waals surface area contributed by atoms with E-state index in [9.17, 15) is 19.7 Å². The molecule has 6 heteroatoms. The van der Waals surface area contributed by atoms with Crippen molar-refractivity contribution in [3.8, 4) is 0 Å². The van der Waals surface area contributed by atoms with E-state index in [4.69, 9.17) is 0 Å². The van der Waals surface area contributed by atoms with Gasteiger partial charge in [0.15, 0.2) is 0 Å². The molecule has 1 aromatic rings. The van der Waals surface area contributed by atoms with Crippen LogP contribution < -0.4 is 0 Å². The zero-order valence-corrected chi connectivity index (χ0v) is 14.4. The van der Waals surface area contributed by atoms with E-state index in [1.165, 1.54) is 17.0 Å². The minimum absolute atomic E-state index is 0.0641. The smallest absolute Gasteiger partial charge is 0.269 e. The monoisotopic (exact) mass is 332 g/mol. The van der Waals surface area contributed by atoms with Crippen molar-refractivity contribution in [2.45, 2.75) is 64.3 Å². The van der Waals surface area contributed by atoms with Crippen molar-refractivity contribution in [3.05, 3.63) is 39.9 Å². The Hall–Kier alpha value is -2.24. The number of amides is 2. The zero-order chi connectivity index (χ0) is 17.9. The summed E-state index contributed by atoms with van der Waals surface area (Å²) in [6, 6.07) is 6.54. The molecular weight excluding hydrogens is 308 g/mol. The first-order valence-corrected chi connectivity index (χ1v) is 8.36. The lowest BCUT2D eigenvalue weighted by Gasteiger charge is -2.41. The van der Waals surface area contributed by atoms with Crippen LogP contribution in [0.4, 0.5) is 5.69 Å². The van der Waals surface area contributed by atoms with Gasteiger partial charge in [-0.15, -0.1) is 0 Å². The van der Waals surface area contributed by atoms with Crippen LogP contribution in [0.1, 0.15) is 64.4 Å². The van der Waals surface area contributed by atoms with Crippen molar-refractivity contribution in [2.24, 2.45) is 0 Å². The Morgan fingerprint density at radius 2 is 1.71 bits per heavy atom. The number of non-ortho nitro benzene ring substituents is 1. The topological polar surface area (TPSA) is 80.5 Å². The summed E-state index contributed by atoms with van der Waals surface area (Å²) in [7, 11) is 0. The quantitative estimate of drug-likeness (QED) is 0.451. The second kappa shape index (κ2) is 7.11. The summed E-state index contributed by atoms with van der Waals surface area (Å²) in [6.07, 6.45) is 2.94. The molecule has 1 unspecified atom stereocenters. The van der Waals surface area contributed by atoms with Crippen LogP contribution in [0.2, 0.25) is 0 Å². The minimum Gasteiger partial charge on any atom is -0.277 e. The van der Waals surface area contributed by atoms with E-state index in [2.05, 4.69) is 0 Å². The molecule has 24 heavy (non-hydrogen) atoms. The summed E-state index contributed by atoms with van der Waals surface area (Å²) in [6.45, 7) is 5.88. The van der Waals surface area contributed by atoms with Crippen LogP contribution >= 0.6 is 0 Å². The molecule has 0 spiro atoms. The number of likely N-dealkylation sites (tertiary alicyclic amines) is 1. The number of carbonyl (C=O) groups excluding carboxylic acids is 2. The maximum Gasteiger partial charge on any atom is 0.269 e. The highest BCUT2D eigenvalue weighted by atomic mass is 16.6. The maximum atomic E-state index is 12.2. The molecule has 1 aliphatic heterocycles. The van der Waals surface area contributed by atoms with Crippen molar-refractivity contribution < 1.29 is 14.5 Å². The first-order valence-electron chi connectivity index (χ1n) is 8.36. The number of benzene rings is 1. The summed E-state index contributed by atoms with van der Waals surface area (Å²) in [5.74, 6) is -0.0760. The molecule has 1 aromatic carbocycles. The Kier molecular flexibility index (Phi) is 5.36. The van der Waals surface area contributed by atoms with E-state index in [1.54, 1.807) is 12.1 Å². The van der Waals surface area contributed by atoms with Gasteiger partial charge in [-0.05, 0) is 44.6 Å². The third-order valence-corrected chi connectivity index (χ3v) is 4.70. The molecule has 1 heterocycles. The number of imide groups is 1. The molecule has 6 nitrogen and oxygen atoms in total. The van der Waals surface area contributed by atoms with Gasteiger partial charge in [0, 0.05) is 30.5 Å². The molecule has 2 rings (SSSR count). The predicted molar refractivity (Wildman–Crippen MR) is 90.5 cm³/mol. The second-order valence-electron chi connectivity index (χ2n) is 6.95. The van der Waals surface area contributed by atoms with Gasteiger partial charge in [-0.25, -0.2) is 0 Å². The number of nitro benzene ring substituents is 1. The standard InChI is InChI=1S/C18H24N2O4/c1-4-13(14-8-10-15(11-9-14)20(23)24)12-18(2,3)19-16(21)6-5-7-17(19)22/h8-11,13H,4-7,12H2,1-3H3. The average Bonchev–Trinajstić information content (AvgIpc) is 2.52. The fourth-order valence-corrected chi connectivity index (χ4v) is 3.49. The van der Waals surface area contributed by atoms with Crippen molar-refractivity contribution in [2.75, 3.05) is 0 Å². The Morgan fingerprint density at radius 3 is 2.17 bits per heavy atom. The number of carbonyl (C=O) groups is 2. The fourth-order valence-electron chi connectivity index (χ4n) is 3.49. The minimum atomic E-state index is -0.572. The van der Waals surface area contributed by atoms with Gasteiger partial charge in [-0.2, -0.15) is 0 Å². The lowest BCUT2D eigenvalue weighted by Crippen LogP contribution is -2.53. The van der Waals surface area contributed by atoms with Crippen molar-refractivity contribution in [1.29, 1.82) is 0 Å². The van der Waals surface area contributed by atoms with E-state index in [-0.39, 0.29) is 23.4 Å². The van der Waals surface area contributed by atoms with Crippen LogP contribution in [0.25, 0.3) is 0 Å². The van der Waals surface area contributed by atoms with Gasteiger partial charge in [-0.3, -0.25) is 24.6 Å². The van der Waals surface area contributed by atoms with Crippen LogP contribution in [-0.4, -0.2) is 27.2 Å². The Bertz CT molecular complexity index is 621. The third kappa shape index (κ3) is 3.80. The first-order chi connectivity index (χ1) is 11.3. The lowest BCUT2D eigenvalue weighted by atomic mass is 9.82. The summed E-state index contributed by atoms with van der Waals surface area (Å²) in [4.78, 5) is 36.2. The molecular formula is C18H24N2O4. The van der Waals surface area contributed by atoms with Crippen LogP contribution in [0.5, 0.6) is 0 Å². The molecule has 0 bridgehead atoms. The molecule has 1 fully saturated rings. The molecule has 130 valence electrons. The molecule has 1 saturated heterocycles. The van der Waals surface area contributed by atoms with Crippen LogP contribution in [0.3, 0.4) is 0 Å². The fraction of sp³-hybridized carbons (Fsp3) is 0.556. The number of piperidine rings is 1. The van der Waals surface area contributed by atoms with Gasteiger partial charge in [0.2, 0.25) is 11.8 Å². The maximum absolute atomic E-state index is 12.2. The summed E-state index contributed by atoms with van der Waals surface area (Å²) >= 11 is 0. The number of hydrogen-bond acceptors (Lipinski definition) is 4. The van der Waals surface area contributed by atoms with E-state index < -0.39 is 10.5 Å². The Morgan fingerprint density at radius 1 is 1.17 bits per heavy atom. The van der Waals surface area contributed by atoms with E-state index >= 15 is 0 Å². The Balaban J connectivity index is 2.20. The number of nitrogens with zero attached hydrogens (tertiary/aromatic N) is 2. The van der Waals surface area contributed by atoms with E-state index in [0.717, 1.165) is 12.0 Å².